The Bertz CT molecular complexity index is 1430. The second-order valence-electron chi connectivity index (χ2n) is 7.74. The minimum atomic E-state index is -4.52. The lowest BCUT2D eigenvalue weighted by Crippen LogP contribution is -2.05. The Kier molecular flexibility index (Phi) is 6.46. The number of alkyl halides is 3. The van der Waals surface area contributed by atoms with Gasteiger partial charge in [-0.2, -0.15) is 13.2 Å². The van der Waals surface area contributed by atoms with Crippen molar-refractivity contribution in [3.8, 4) is 28.4 Å². The summed E-state index contributed by atoms with van der Waals surface area (Å²) < 4.78 is 46.6. The van der Waals surface area contributed by atoms with E-state index < -0.39 is 17.7 Å². The predicted octanol–water partition coefficient (Wildman–Crippen LogP) is 7.08. The molecule has 4 aromatic rings. The van der Waals surface area contributed by atoms with Gasteiger partial charge in [-0.3, -0.25) is 4.98 Å². The number of nitrogens with zero attached hydrogens (tertiary/aromatic N) is 1. The van der Waals surface area contributed by atoms with Crippen molar-refractivity contribution >= 4 is 22.9 Å². The molecule has 0 radical (unpaired) electrons. The summed E-state index contributed by atoms with van der Waals surface area (Å²) in [6.45, 7) is 1.83. The van der Waals surface area contributed by atoms with E-state index in [2.05, 4.69) is 4.98 Å². The highest BCUT2D eigenvalue weighted by Gasteiger charge is 2.31. The normalized spacial score (nSPS) is 11.8. The third kappa shape index (κ3) is 5.27. The molecule has 5 nitrogen and oxygen atoms in total. The van der Waals surface area contributed by atoms with Crippen LogP contribution in [-0.4, -0.2) is 21.2 Å². The van der Waals surface area contributed by atoms with Crippen molar-refractivity contribution < 1.29 is 32.9 Å². The summed E-state index contributed by atoms with van der Waals surface area (Å²) in [6, 6.07) is 16.1. The summed E-state index contributed by atoms with van der Waals surface area (Å²) in [5.41, 5.74) is 1.52. The number of carboxylic acids is 1. The van der Waals surface area contributed by atoms with Gasteiger partial charge in [0.05, 0.1) is 16.8 Å². The van der Waals surface area contributed by atoms with Gasteiger partial charge >= 0.3 is 12.1 Å². The molecular weight excluding hydrogens is 459 g/mol. The van der Waals surface area contributed by atoms with E-state index in [0.717, 1.165) is 18.2 Å². The molecule has 0 saturated heterocycles. The molecule has 0 atom stereocenters. The first kappa shape index (κ1) is 23.8. The molecule has 8 heteroatoms. The summed E-state index contributed by atoms with van der Waals surface area (Å²) >= 11 is 0. The van der Waals surface area contributed by atoms with Crippen LogP contribution in [0.3, 0.4) is 0 Å². The molecule has 1 aromatic heterocycles. The number of aryl methyl sites for hydroxylation is 1. The van der Waals surface area contributed by atoms with Gasteiger partial charge in [-0.25, -0.2) is 4.79 Å². The van der Waals surface area contributed by atoms with Gasteiger partial charge in [-0.15, -0.1) is 0 Å². The number of aromatic nitrogens is 1. The van der Waals surface area contributed by atoms with Crippen molar-refractivity contribution in [2.45, 2.75) is 19.5 Å². The minimum absolute atomic E-state index is 0.000563. The Balaban J connectivity index is 1.90. The monoisotopic (exact) mass is 479 g/mol. The van der Waals surface area contributed by atoms with E-state index in [0.29, 0.717) is 51.2 Å². The van der Waals surface area contributed by atoms with Crippen LogP contribution in [0.1, 0.15) is 23.7 Å². The summed E-state index contributed by atoms with van der Waals surface area (Å²) in [5.74, 6) is -0.373. The number of phenolic OH excluding ortho intramolecular Hbond substituents is 1. The molecule has 0 amide bonds. The van der Waals surface area contributed by atoms with Gasteiger partial charge in [0.25, 0.3) is 0 Å². The minimum Gasteiger partial charge on any atom is -0.508 e. The maximum Gasteiger partial charge on any atom is 0.416 e. The number of aliphatic carboxylic acids is 1. The third-order valence-corrected chi connectivity index (χ3v) is 5.33. The lowest BCUT2D eigenvalue weighted by atomic mass is 9.97. The molecule has 0 bridgehead atoms. The van der Waals surface area contributed by atoms with E-state index in [-0.39, 0.29) is 5.75 Å². The highest BCUT2D eigenvalue weighted by molar-refractivity contribution is 5.94. The number of halogens is 3. The van der Waals surface area contributed by atoms with Crippen molar-refractivity contribution in [2.75, 3.05) is 0 Å². The lowest BCUT2D eigenvalue weighted by Gasteiger charge is -2.18. The van der Waals surface area contributed by atoms with Crippen LogP contribution in [0.5, 0.6) is 17.2 Å². The number of pyridine rings is 1. The van der Waals surface area contributed by atoms with Crippen molar-refractivity contribution in [1.29, 1.82) is 0 Å². The molecule has 0 fully saturated rings. The Labute approximate surface area is 198 Å². The summed E-state index contributed by atoms with van der Waals surface area (Å²) in [4.78, 5) is 15.3. The second-order valence-corrected chi connectivity index (χ2v) is 7.74. The molecule has 0 aliphatic carbocycles. The summed E-state index contributed by atoms with van der Waals surface area (Å²) in [7, 11) is 0. The molecule has 35 heavy (non-hydrogen) atoms. The topological polar surface area (TPSA) is 79.7 Å². The van der Waals surface area contributed by atoms with Crippen LogP contribution in [0.4, 0.5) is 13.2 Å². The first-order valence-corrected chi connectivity index (χ1v) is 10.7. The molecule has 0 unspecified atom stereocenters. The number of carboxylic acid groups (broad SMARTS) is 1. The molecule has 0 aliphatic rings. The van der Waals surface area contributed by atoms with Crippen LogP contribution < -0.4 is 4.74 Å². The number of carbonyl (C=O) groups is 1. The first-order valence-electron chi connectivity index (χ1n) is 10.7. The van der Waals surface area contributed by atoms with Gasteiger partial charge in [0.1, 0.15) is 17.2 Å². The SMILES string of the molecule is CCc1nc2cc(O)ccc2c(Oc2ccc(/C=C/C(=O)O)cc2)c1-c1cccc(C(F)(F)F)c1. The number of hydrogen-bond acceptors (Lipinski definition) is 4. The maximum atomic E-state index is 13.4. The van der Waals surface area contributed by atoms with E-state index in [1.807, 2.05) is 6.92 Å². The van der Waals surface area contributed by atoms with E-state index >= 15 is 0 Å². The van der Waals surface area contributed by atoms with E-state index in [9.17, 15) is 23.1 Å². The third-order valence-electron chi connectivity index (χ3n) is 5.33. The summed E-state index contributed by atoms with van der Waals surface area (Å²) in [6.07, 6.45) is -1.66. The van der Waals surface area contributed by atoms with Gasteiger partial charge in [0.2, 0.25) is 0 Å². The smallest absolute Gasteiger partial charge is 0.416 e. The number of benzene rings is 3. The fourth-order valence-corrected chi connectivity index (χ4v) is 3.71. The van der Waals surface area contributed by atoms with E-state index in [1.165, 1.54) is 24.3 Å². The molecule has 1 heterocycles. The number of rotatable bonds is 6. The highest BCUT2D eigenvalue weighted by atomic mass is 19.4. The molecule has 0 spiro atoms. The van der Waals surface area contributed by atoms with Gasteiger partial charge < -0.3 is 14.9 Å². The zero-order valence-electron chi connectivity index (χ0n) is 18.5. The molecular formula is C27H20F3NO4. The van der Waals surface area contributed by atoms with Crippen LogP contribution in [0.15, 0.2) is 72.8 Å². The van der Waals surface area contributed by atoms with Crippen LogP contribution in [0.2, 0.25) is 0 Å². The molecule has 4 rings (SSSR count). The van der Waals surface area contributed by atoms with Crippen LogP contribution in [0, 0.1) is 0 Å². The average molecular weight is 479 g/mol. The Hall–Kier alpha value is -4.33. The Morgan fingerprint density at radius 3 is 2.46 bits per heavy atom. The molecule has 0 aliphatic heterocycles. The van der Waals surface area contributed by atoms with Crippen LogP contribution >= 0.6 is 0 Å². The standard InChI is InChI=1S/C27H20F3NO4/c1-2-22-25(17-4-3-5-18(14-17)27(28,29)30)26(21-12-9-19(32)15-23(21)31-22)35-20-10-6-16(7-11-20)8-13-24(33)34/h3-15,32H,2H2,1H3,(H,33,34)/b13-8+. The number of ether oxygens (including phenoxy) is 1. The molecule has 3 aromatic carbocycles. The zero-order valence-corrected chi connectivity index (χ0v) is 18.5. The van der Waals surface area contributed by atoms with Crippen molar-refractivity contribution in [3.05, 3.63) is 89.6 Å². The predicted molar refractivity (Wildman–Crippen MR) is 126 cm³/mol. The summed E-state index contributed by atoms with van der Waals surface area (Å²) in [5, 5.41) is 19.3. The van der Waals surface area contributed by atoms with Crippen molar-refractivity contribution in [2.24, 2.45) is 0 Å². The maximum absolute atomic E-state index is 13.4. The Morgan fingerprint density at radius 1 is 1.06 bits per heavy atom. The molecule has 178 valence electrons. The quantitative estimate of drug-likeness (QED) is 0.289. The van der Waals surface area contributed by atoms with Gasteiger partial charge in [0, 0.05) is 23.1 Å². The van der Waals surface area contributed by atoms with Gasteiger partial charge in [-0.05, 0) is 60.0 Å². The van der Waals surface area contributed by atoms with Crippen molar-refractivity contribution in [3.63, 3.8) is 0 Å². The average Bonchev–Trinajstić information content (AvgIpc) is 2.82. The first-order chi connectivity index (χ1) is 16.7. The number of fused-ring (bicyclic) bond motifs is 1. The van der Waals surface area contributed by atoms with E-state index in [4.69, 9.17) is 9.84 Å². The number of hydrogen-bond donors (Lipinski definition) is 2. The van der Waals surface area contributed by atoms with Gasteiger partial charge in [-0.1, -0.05) is 31.2 Å². The second kappa shape index (κ2) is 9.50. The molecule has 2 N–H and O–H groups in total. The fourth-order valence-electron chi connectivity index (χ4n) is 3.71. The number of aromatic hydroxyl groups is 1. The van der Waals surface area contributed by atoms with Crippen LogP contribution in [-0.2, 0) is 17.4 Å². The highest BCUT2D eigenvalue weighted by Crippen LogP contribution is 2.43. The molecule has 0 saturated carbocycles. The van der Waals surface area contributed by atoms with Crippen molar-refractivity contribution in [1.82, 2.24) is 4.98 Å². The Morgan fingerprint density at radius 2 is 1.80 bits per heavy atom. The zero-order chi connectivity index (χ0) is 25.2. The van der Waals surface area contributed by atoms with Crippen LogP contribution in [0.25, 0.3) is 28.1 Å². The van der Waals surface area contributed by atoms with E-state index in [1.54, 1.807) is 36.4 Å². The van der Waals surface area contributed by atoms with Gasteiger partial charge in [0.15, 0.2) is 0 Å². The number of phenols is 1. The largest absolute Gasteiger partial charge is 0.508 e. The lowest BCUT2D eigenvalue weighted by molar-refractivity contribution is -0.137. The fraction of sp³-hybridized carbons (Fsp3) is 0.111.